The number of hydrogen-bond acceptors (Lipinski definition) is 1. The van der Waals surface area contributed by atoms with Crippen molar-refractivity contribution in [2.75, 3.05) is 0 Å². The minimum Gasteiger partial charge on any atom is -0.399 e. The largest absolute Gasteiger partial charge is 0.418 e. The van der Waals surface area contributed by atoms with Gasteiger partial charge in [-0.25, -0.2) is 0 Å². The minimum absolute atomic E-state index is 0.236. The number of halogens is 3. The fraction of sp³-hybridized carbons (Fsp3) is 0.429. The molecule has 0 aliphatic rings. The predicted molar refractivity (Wildman–Crippen MR) is 37.8 cm³/mol. The van der Waals surface area contributed by atoms with Crippen molar-refractivity contribution in [3.05, 3.63) is 23.4 Å². The highest BCUT2D eigenvalue weighted by molar-refractivity contribution is 5.31. The third kappa shape index (κ3) is 2.65. The Morgan fingerprint density at radius 3 is 1.73 bits per heavy atom. The molecular formula is C7H10F3N. The summed E-state index contributed by atoms with van der Waals surface area (Å²) in [5.74, 6) is 0. The van der Waals surface area contributed by atoms with Crippen molar-refractivity contribution in [2.45, 2.75) is 20.0 Å². The van der Waals surface area contributed by atoms with Crippen molar-refractivity contribution in [3.63, 3.8) is 0 Å². The highest BCUT2D eigenvalue weighted by Gasteiger charge is 2.33. The van der Waals surface area contributed by atoms with Gasteiger partial charge >= 0.3 is 6.18 Å². The smallest absolute Gasteiger partial charge is 0.399 e. The second-order valence-electron chi connectivity index (χ2n) is 1.94. The molecule has 64 valence electrons. The molecule has 0 spiro atoms. The Balaban J connectivity index is 4.73. The Morgan fingerprint density at radius 2 is 1.64 bits per heavy atom. The summed E-state index contributed by atoms with van der Waals surface area (Å²) >= 11 is 0. The molecule has 1 nitrogen and oxygen atoms in total. The summed E-state index contributed by atoms with van der Waals surface area (Å²) in [4.78, 5) is 0. The van der Waals surface area contributed by atoms with Gasteiger partial charge in [0.2, 0.25) is 0 Å². The molecule has 0 amide bonds. The van der Waals surface area contributed by atoms with E-state index in [0.717, 1.165) is 6.08 Å². The van der Waals surface area contributed by atoms with Crippen LogP contribution < -0.4 is 5.73 Å². The molecule has 0 radical (unpaired) electrons. The first-order chi connectivity index (χ1) is 4.93. The predicted octanol–water partition coefficient (Wildman–Crippen LogP) is 2.36. The quantitative estimate of drug-likeness (QED) is 0.593. The lowest BCUT2D eigenvalue weighted by Crippen LogP contribution is -2.17. The first kappa shape index (κ1) is 10.1. The fourth-order valence-electron chi connectivity index (χ4n) is 0.649. The van der Waals surface area contributed by atoms with E-state index in [2.05, 4.69) is 0 Å². The lowest BCUT2D eigenvalue weighted by molar-refractivity contribution is -0.0895. The van der Waals surface area contributed by atoms with Gasteiger partial charge in [0, 0.05) is 5.70 Å². The van der Waals surface area contributed by atoms with Crippen LogP contribution >= 0.6 is 0 Å². The van der Waals surface area contributed by atoms with Crippen LogP contribution in [-0.2, 0) is 0 Å². The zero-order valence-electron chi connectivity index (χ0n) is 6.37. The van der Waals surface area contributed by atoms with Gasteiger partial charge in [-0.05, 0) is 13.8 Å². The summed E-state index contributed by atoms with van der Waals surface area (Å²) < 4.78 is 35.9. The van der Waals surface area contributed by atoms with Gasteiger partial charge in [0.1, 0.15) is 0 Å². The van der Waals surface area contributed by atoms with Crippen LogP contribution in [0.5, 0.6) is 0 Å². The van der Waals surface area contributed by atoms with Gasteiger partial charge in [0.05, 0.1) is 5.57 Å². The molecular weight excluding hydrogens is 155 g/mol. The van der Waals surface area contributed by atoms with Crippen molar-refractivity contribution >= 4 is 0 Å². The van der Waals surface area contributed by atoms with Crippen LogP contribution in [0.4, 0.5) is 13.2 Å². The van der Waals surface area contributed by atoms with E-state index in [4.69, 9.17) is 5.73 Å². The third-order valence-electron chi connectivity index (χ3n) is 1.22. The Bertz CT molecular complexity index is 188. The van der Waals surface area contributed by atoms with Crippen LogP contribution in [0.25, 0.3) is 0 Å². The Morgan fingerprint density at radius 1 is 1.18 bits per heavy atom. The van der Waals surface area contributed by atoms with Crippen molar-refractivity contribution in [1.29, 1.82) is 0 Å². The van der Waals surface area contributed by atoms with E-state index in [1.165, 1.54) is 19.9 Å². The Kier molecular flexibility index (Phi) is 3.17. The van der Waals surface area contributed by atoms with Gasteiger partial charge in [-0.3, -0.25) is 0 Å². The summed E-state index contributed by atoms with van der Waals surface area (Å²) in [7, 11) is 0. The summed E-state index contributed by atoms with van der Waals surface area (Å²) in [5.41, 5.74) is 4.07. The normalized spacial score (nSPS) is 15.4. The molecule has 11 heavy (non-hydrogen) atoms. The first-order valence-electron chi connectivity index (χ1n) is 3.09. The second kappa shape index (κ2) is 3.46. The molecule has 4 heteroatoms. The summed E-state index contributed by atoms with van der Waals surface area (Å²) in [6.45, 7) is 2.77. The molecule has 0 fully saturated rings. The molecule has 0 aromatic rings. The number of nitrogens with two attached hydrogens (primary N) is 1. The zero-order chi connectivity index (χ0) is 9.07. The average Bonchev–Trinajstić information content (AvgIpc) is 1.86. The second-order valence-corrected chi connectivity index (χ2v) is 1.94. The molecule has 0 aliphatic carbocycles. The maximum atomic E-state index is 12.0. The van der Waals surface area contributed by atoms with Gasteiger partial charge in [0.15, 0.2) is 0 Å². The lowest BCUT2D eigenvalue weighted by atomic mass is 10.2. The maximum absolute atomic E-state index is 12.0. The van der Waals surface area contributed by atoms with Crippen molar-refractivity contribution in [2.24, 2.45) is 5.73 Å². The van der Waals surface area contributed by atoms with Gasteiger partial charge in [0.25, 0.3) is 0 Å². The summed E-state index contributed by atoms with van der Waals surface area (Å²) in [6, 6.07) is 0. The van der Waals surface area contributed by atoms with Crippen molar-refractivity contribution in [1.82, 2.24) is 0 Å². The summed E-state index contributed by atoms with van der Waals surface area (Å²) in [5, 5.41) is 0. The summed E-state index contributed by atoms with van der Waals surface area (Å²) in [6.07, 6.45) is -2.16. The molecule has 0 atom stereocenters. The molecule has 0 saturated heterocycles. The van der Waals surface area contributed by atoms with E-state index in [9.17, 15) is 13.2 Å². The SMILES string of the molecule is C/C=C(N)\C(=C/C)C(F)(F)F. The van der Waals surface area contributed by atoms with E-state index in [0.29, 0.717) is 0 Å². The molecule has 0 bridgehead atoms. The third-order valence-corrected chi connectivity index (χ3v) is 1.22. The minimum atomic E-state index is -4.34. The van der Waals surface area contributed by atoms with Crippen molar-refractivity contribution in [3.8, 4) is 0 Å². The van der Waals surface area contributed by atoms with E-state index in [1.807, 2.05) is 0 Å². The molecule has 0 rings (SSSR count). The van der Waals surface area contributed by atoms with Crippen LogP contribution in [0.2, 0.25) is 0 Å². The van der Waals surface area contributed by atoms with Crippen LogP contribution in [0.3, 0.4) is 0 Å². The highest BCUT2D eigenvalue weighted by Crippen LogP contribution is 2.28. The Labute approximate surface area is 63.4 Å². The number of alkyl halides is 3. The van der Waals surface area contributed by atoms with Crippen LogP contribution in [0.1, 0.15) is 13.8 Å². The number of hydrogen-bond donors (Lipinski definition) is 1. The van der Waals surface area contributed by atoms with Gasteiger partial charge in [-0.1, -0.05) is 12.2 Å². The Hall–Kier alpha value is -0.930. The van der Waals surface area contributed by atoms with Crippen LogP contribution in [-0.4, -0.2) is 6.18 Å². The van der Waals surface area contributed by atoms with Gasteiger partial charge in [-0.2, -0.15) is 13.2 Å². The van der Waals surface area contributed by atoms with E-state index in [1.54, 1.807) is 0 Å². The van der Waals surface area contributed by atoms with Crippen LogP contribution in [0, 0.1) is 0 Å². The fourth-order valence-corrected chi connectivity index (χ4v) is 0.649. The average molecular weight is 165 g/mol. The first-order valence-corrected chi connectivity index (χ1v) is 3.09. The lowest BCUT2D eigenvalue weighted by Gasteiger charge is -2.10. The maximum Gasteiger partial charge on any atom is 0.418 e. The van der Waals surface area contributed by atoms with Gasteiger partial charge in [-0.15, -0.1) is 0 Å². The number of allylic oxidation sites excluding steroid dienone is 3. The van der Waals surface area contributed by atoms with Crippen molar-refractivity contribution < 1.29 is 13.2 Å². The zero-order valence-corrected chi connectivity index (χ0v) is 6.37. The van der Waals surface area contributed by atoms with Crippen LogP contribution in [0.15, 0.2) is 23.4 Å². The molecule has 2 N–H and O–H groups in total. The highest BCUT2D eigenvalue weighted by atomic mass is 19.4. The molecule has 0 aliphatic heterocycles. The number of rotatable bonds is 1. The molecule has 0 unspecified atom stereocenters. The molecule has 0 aromatic heterocycles. The van der Waals surface area contributed by atoms with E-state index in [-0.39, 0.29) is 5.70 Å². The van der Waals surface area contributed by atoms with E-state index >= 15 is 0 Å². The standard InChI is InChI=1S/C7H10F3N/c1-3-5(6(11)4-2)7(8,9)10/h3-4H,11H2,1-2H3/b5-3+,6-4+. The molecule has 0 saturated carbocycles. The molecule has 0 aromatic carbocycles. The molecule has 0 heterocycles. The van der Waals surface area contributed by atoms with Gasteiger partial charge < -0.3 is 5.73 Å². The topological polar surface area (TPSA) is 26.0 Å². The van der Waals surface area contributed by atoms with E-state index < -0.39 is 11.7 Å². The monoisotopic (exact) mass is 165 g/mol.